The zero-order chi connectivity index (χ0) is 12.7. The third-order valence-electron chi connectivity index (χ3n) is 2.75. The molecule has 0 radical (unpaired) electrons. The first-order chi connectivity index (χ1) is 7.91. The fourth-order valence-electron chi connectivity index (χ4n) is 1.95. The van der Waals surface area contributed by atoms with Gasteiger partial charge >= 0.3 is 0 Å². The van der Waals surface area contributed by atoms with E-state index < -0.39 is 17.5 Å². The van der Waals surface area contributed by atoms with Gasteiger partial charge in [-0.05, 0) is 23.6 Å². The van der Waals surface area contributed by atoms with E-state index in [0.29, 0.717) is 17.3 Å². The van der Waals surface area contributed by atoms with Gasteiger partial charge in [0.15, 0.2) is 11.6 Å². The van der Waals surface area contributed by atoms with Crippen LogP contribution in [0.25, 0.3) is 10.8 Å². The first-order valence-electron chi connectivity index (χ1n) is 5.28. The maximum absolute atomic E-state index is 13.7. The molecule has 0 amide bonds. The van der Waals surface area contributed by atoms with Crippen molar-refractivity contribution in [3.8, 4) is 0 Å². The van der Waals surface area contributed by atoms with E-state index in [4.69, 9.17) is 5.73 Å². The molecule has 2 N–H and O–H groups in total. The minimum atomic E-state index is -1.18. The fourth-order valence-corrected chi connectivity index (χ4v) is 1.95. The first-order valence-corrected chi connectivity index (χ1v) is 5.28. The number of benzene rings is 2. The highest BCUT2D eigenvalue weighted by Gasteiger charge is 2.17. The minimum absolute atomic E-state index is 0.0209. The summed E-state index contributed by atoms with van der Waals surface area (Å²) in [5.74, 6) is -3.07. The van der Waals surface area contributed by atoms with Gasteiger partial charge in [-0.15, -0.1) is 0 Å². The molecule has 0 saturated heterocycles. The molecule has 0 heterocycles. The van der Waals surface area contributed by atoms with Gasteiger partial charge in [-0.25, -0.2) is 13.2 Å². The molecule has 17 heavy (non-hydrogen) atoms. The molecule has 0 atom stereocenters. The van der Waals surface area contributed by atoms with Crippen molar-refractivity contribution in [1.82, 2.24) is 0 Å². The van der Waals surface area contributed by atoms with E-state index in [0.717, 1.165) is 0 Å². The molecule has 0 aliphatic carbocycles. The van der Waals surface area contributed by atoms with Gasteiger partial charge in [0.2, 0.25) is 0 Å². The molecule has 0 saturated carbocycles. The third kappa shape index (κ3) is 1.84. The summed E-state index contributed by atoms with van der Waals surface area (Å²) in [4.78, 5) is 0. The van der Waals surface area contributed by atoms with Crippen LogP contribution in [0.3, 0.4) is 0 Å². The lowest BCUT2D eigenvalue weighted by Crippen LogP contribution is -1.99. The zero-order valence-corrected chi connectivity index (χ0v) is 9.52. The van der Waals surface area contributed by atoms with Crippen LogP contribution in [0.5, 0.6) is 0 Å². The van der Waals surface area contributed by atoms with Crippen molar-refractivity contribution in [2.75, 3.05) is 5.73 Å². The molecule has 0 aliphatic heterocycles. The Labute approximate surface area is 97.0 Å². The van der Waals surface area contributed by atoms with Gasteiger partial charge in [0, 0.05) is 22.5 Å². The second kappa shape index (κ2) is 3.95. The van der Waals surface area contributed by atoms with Gasteiger partial charge in [0.05, 0.1) is 0 Å². The number of nitrogens with two attached hydrogens (primary N) is 1. The number of rotatable bonds is 1. The molecular formula is C13H12F3N. The molecular weight excluding hydrogens is 227 g/mol. The normalized spacial score (nSPS) is 11.4. The summed E-state index contributed by atoms with van der Waals surface area (Å²) in [6.45, 7) is 3.63. The fraction of sp³-hybridized carbons (Fsp3) is 0.231. The van der Waals surface area contributed by atoms with Crippen LogP contribution in [0.4, 0.5) is 18.9 Å². The van der Waals surface area contributed by atoms with Crippen molar-refractivity contribution < 1.29 is 13.2 Å². The highest BCUT2D eigenvalue weighted by atomic mass is 19.2. The van der Waals surface area contributed by atoms with Gasteiger partial charge in [0.1, 0.15) is 5.82 Å². The Morgan fingerprint density at radius 1 is 1.00 bits per heavy atom. The SMILES string of the molecule is CC(C)c1cc(N)cc2c(F)cc(F)c(F)c12. The molecule has 1 nitrogen and oxygen atoms in total. The van der Waals surface area contributed by atoms with Crippen LogP contribution in [-0.2, 0) is 0 Å². The second-order valence-corrected chi connectivity index (χ2v) is 4.34. The number of hydrogen-bond donors (Lipinski definition) is 1. The first kappa shape index (κ1) is 11.8. The van der Waals surface area contributed by atoms with Crippen LogP contribution in [0, 0.1) is 17.5 Å². The summed E-state index contributed by atoms with van der Waals surface area (Å²) in [6, 6.07) is 3.41. The Hall–Kier alpha value is -1.71. The van der Waals surface area contributed by atoms with Gasteiger partial charge in [-0.1, -0.05) is 13.8 Å². The predicted octanol–water partition coefficient (Wildman–Crippen LogP) is 3.96. The summed E-state index contributed by atoms with van der Waals surface area (Å²) in [7, 11) is 0. The highest BCUT2D eigenvalue weighted by Crippen LogP contribution is 2.32. The average molecular weight is 239 g/mol. The molecule has 2 rings (SSSR count). The summed E-state index contributed by atoms with van der Waals surface area (Å²) >= 11 is 0. The van der Waals surface area contributed by atoms with E-state index in [1.165, 1.54) is 6.07 Å². The average Bonchev–Trinajstić information content (AvgIpc) is 2.25. The number of hydrogen-bond acceptors (Lipinski definition) is 1. The second-order valence-electron chi connectivity index (χ2n) is 4.34. The monoisotopic (exact) mass is 239 g/mol. The van der Waals surface area contributed by atoms with E-state index in [9.17, 15) is 13.2 Å². The smallest absolute Gasteiger partial charge is 0.167 e. The number of nitrogen functional groups attached to an aromatic ring is 1. The van der Waals surface area contributed by atoms with Crippen LogP contribution in [0.2, 0.25) is 0 Å². The molecule has 0 aromatic heterocycles. The Balaban J connectivity index is 2.99. The van der Waals surface area contributed by atoms with Gasteiger partial charge in [-0.2, -0.15) is 0 Å². The molecule has 0 unspecified atom stereocenters. The molecule has 2 aromatic carbocycles. The van der Waals surface area contributed by atoms with Gasteiger partial charge < -0.3 is 5.73 Å². The van der Waals surface area contributed by atoms with Crippen molar-refractivity contribution in [2.45, 2.75) is 19.8 Å². The quantitative estimate of drug-likeness (QED) is 0.591. The zero-order valence-electron chi connectivity index (χ0n) is 9.52. The van der Waals surface area contributed by atoms with Crippen LogP contribution < -0.4 is 5.73 Å². The third-order valence-corrected chi connectivity index (χ3v) is 2.75. The summed E-state index contributed by atoms with van der Waals surface area (Å²) < 4.78 is 40.5. The maximum Gasteiger partial charge on any atom is 0.167 e. The van der Waals surface area contributed by atoms with E-state index in [2.05, 4.69) is 0 Å². The molecule has 90 valence electrons. The van der Waals surface area contributed by atoms with E-state index in [1.54, 1.807) is 6.07 Å². The van der Waals surface area contributed by atoms with Crippen molar-refractivity contribution in [3.63, 3.8) is 0 Å². The van der Waals surface area contributed by atoms with Crippen molar-refractivity contribution >= 4 is 16.5 Å². The number of fused-ring (bicyclic) bond motifs is 1. The van der Waals surface area contributed by atoms with Gasteiger partial charge in [-0.3, -0.25) is 0 Å². The van der Waals surface area contributed by atoms with Crippen molar-refractivity contribution in [3.05, 3.63) is 41.2 Å². The van der Waals surface area contributed by atoms with Crippen molar-refractivity contribution in [2.24, 2.45) is 0 Å². The number of halogens is 3. The Morgan fingerprint density at radius 2 is 1.65 bits per heavy atom. The number of anilines is 1. The van der Waals surface area contributed by atoms with Crippen LogP contribution in [0.15, 0.2) is 18.2 Å². The van der Waals surface area contributed by atoms with E-state index in [1.807, 2.05) is 13.8 Å². The Kier molecular flexibility index (Phi) is 2.73. The molecule has 4 heteroatoms. The topological polar surface area (TPSA) is 26.0 Å². The Bertz CT molecular complexity index is 591. The molecule has 0 aliphatic rings. The Morgan fingerprint density at radius 3 is 2.24 bits per heavy atom. The lowest BCUT2D eigenvalue weighted by Gasteiger charge is -2.13. The predicted molar refractivity (Wildman–Crippen MR) is 62.3 cm³/mol. The molecule has 2 aromatic rings. The lowest BCUT2D eigenvalue weighted by atomic mass is 9.94. The standard InChI is InChI=1S/C13H12F3N/c1-6(2)8-3-7(17)4-9-10(14)5-11(15)13(16)12(8)9/h3-6H,17H2,1-2H3. The van der Waals surface area contributed by atoms with Crippen LogP contribution in [0.1, 0.15) is 25.3 Å². The maximum atomic E-state index is 13.7. The van der Waals surface area contributed by atoms with Crippen LogP contribution >= 0.6 is 0 Å². The van der Waals surface area contributed by atoms with Gasteiger partial charge in [0.25, 0.3) is 0 Å². The van der Waals surface area contributed by atoms with E-state index >= 15 is 0 Å². The summed E-state index contributed by atoms with van der Waals surface area (Å²) in [5.41, 5.74) is 6.49. The minimum Gasteiger partial charge on any atom is -0.399 e. The molecule has 0 spiro atoms. The lowest BCUT2D eigenvalue weighted by molar-refractivity contribution is 0.505. The summed E-state index contributed by atoms with van der Waals surface area (Å²) in [5, 5.41) is -0.000648. The molecule has 0 bridgehead atoms. The highest BCUT2D eigenvalue weighted by molar-refractivity contribution is 5.90. The van der Waals surface area contributed by atoms with Crippen molar-refractivity contribution in [1.29, 1.82) is 0 Å². The van der Waals surface area contributed by atoms with Crippen LogP contribution in [-0.4, -0.2) is 0 Å². The summed E-state index contributed by atoms with van der Waals surface area (Å²) in [6.07, 6.45) is 0. The molecule has 0 fully saturated rings. The largest absolute Gasteiger partial charge is 0.399 e. The van der Waals surface area contributed by atoms with E-state index in [-0.39, 0.29) is 16.7 Å².